The Kier molecular flexibility index (Phi) is 4.06. The van der Waals surface area contributed by atoms with Crippen LogP contribution in [0.5, 0.6) is 0 Å². The molecule has 0 N–H and O–H groups in total. The number of benzene rings is 1. The monoisotopic (exact) mass is 310 g/mol. The van der Waals surface area contributed by atoms with Gasteiger partial charge in [-0.05, 0) is 42.5 Å². The summed E-state index contributed by atoms with van der Waals surface area (Å²) >= 11 is 0.960. The molecule has 2 aromatic rings. The number of aryl methyl sites for hydroxylation is 1. The summed E-state index contributed by atoms with van der Waals surface area (Å²) < 4.78 is 0. The zero-order chi connectivity index (χ0) is 15.5. The lowest BCUT2D eigenvalue weighted by molar-refractivity contribution is -0.123. The predicted molar refractivity (Wildman–Crippen MR) is 86.9 cm³/mol. The molecule has 5 heteroatoms. The Morgan fingerprint density at radius 1 is 1.09 bits per heavy atom. The van der Waals surface area contributed by atoms with Gasteiger partial charge in [-0.2, -0.15) is 0 Å². The van der Waals surface area contributed by atoms with Crippen molar-refractivity contribution in [3.63, 3.8) is 0 Å². The van der Waals surface area contributed by atoms with E-state index in [4.69, 9.17) is 0 Å². The van der Waals surface area contributed by atoms with Gasteiger partial charge in [0.15, 0.2) is 0 Å². The molecule has 0 aliphatic carbocycles. The Labute approximate surface area is 132 Å². The molecule has 0 radical (unpaired) electrons. The molecule has 22 heavy (non-hydrogen) atoms. The van der Waals surface area contributed by atoms with Crippen LogP contribution in [-0.2, 0) is 11.3 Å². The van der Waals surface area contributed by atoms with Gasteiger partial charge in [-0.15, -0.1) is 0 Å². The molecule has 1 aliphatic heterocycles. The fraction of sp³-hybridized carbons (Fsp3) is 0.118. The summed E-state index contributed by atoms with van der Waals surface area (Å²) in [6.07, 6.45) is 1.67. The van der Waals surface area contributed by atoms with Gasteiger partial charge < -0.3 is 0 Å². The molecule has 0 unspecified atom stereocenters. The van der Waals surface area contributed by atoms with Crippen LogP contribution in [0.4, 0.5) is 4.79 Å². The van der Waals surface area contributed by atoms with Crippen molar-refractivity contribution in [2.75, 3.05) is 0 Å². The number of nitrogens with zero attached hydrogens (tertiary/aromatic N) is 2. The van der Waals surface area contributed by atoms with Gasteiger partial charge in [0.05, 0.1) is 17.1 Å². The van der Waals surface area contributed by atoms with Crippen molar-refractivity contribution in [1.82, 2.24) is 9.88 Å². The Morgan fingerprint density at radius 2 is 1.86 bits per heavy atom. The smallest absolute Gasteiger partial charge is 0.268 e. The lowest BCUT2D eigenvalue weighted by Crippen LogP contribution is -2.27. The highest BCUT2D eigenvalue weighted by Gasteiger charge is 2.34. The van der Waals surface area contributed by atoms with E-state index in [-0.39, 0.29) is 11.1 Å². The minimum Gasteiger partial charge on any atom is -0.268 e. The maximum atomic E-state index is 12.4. The van der Waals surface area contributed by atoms with Crippen LogP contribution in [0.1, 0.15) is 17.0 Å². The van der Waals surface area contributed by atoms with E-state index in [1.165, 1.54) is 4.90 Å². The topological polar surface area (TPSA) is 50.3 Å². The molecule has 1 aliphatic rings. The Balaban J connectivity index is 1.82. The molecule has 0 bridgehead atoms. The average molecular weight is 310 g/mol. The molecule has 1 saturated heterocycles. The van der Waals surface area contributed by atoms with Crippen LogP contribution in [0, 0.1) is 6.92 Å². The molecule has 3 rings (SSSR count). The van der Waals surface area contributed by atoms with Crippen LogP contribution in [-0.4, -0.2) is 21.0 Å². The fourth-order valence-electron chi connectivity index (χ4n) is 2.18. The van der Waals surface area contributed by atoms with Crippen molar-refractivity contribution < 1.29 is 9.59 Å². The second-order valence-corrected chi connectivity index (χ2v) is 5.95. The molecule has 0 saturated carbocycles. The van der Waals surface area contributed by atoms with E-state index in [2.05, 4.69) is 4.98 Å². The van der Waals surface area contributed by atoms with E-state index in [0.717, 1.165) is 23.0 Å². The molecule has 2 heterocycles. The van der Waals surface area contributed by atoms with Gasteiger partial charge >= 0.3 is 0 Å². The van der Waals surface area contributed by atoms with Crippen LogP contribution in [0.25, 0.3) is 6.08 Å². The van der Waals surface area contributed by atoms with Gasteiger partial charge in [-0.25, -0.2) is 0 Å². The Morgan fingerprint density at radius 3 is 2.59 bits per heavy atom. The quantitative estimate of drug-likeness (QED) is 0.812. The van der Waals surface area contributed by atoms with E-state index in [1.807, 2.05) is 55.5 Å². The highest BCUT2D eigenvalue weighted by atomic mass is 32.2. The van der Waals surface area contributed by atoms with Crippen molar-refractivity contribution in [1.29, 1.82) is 0 Å². The highest BCUT2D eigenvalue weighted by Crippen LogP contribution is 2.32. The lowest BCUT2D eigenvalue weighted by Gasteiger charge is -2.12. The van der Waals surface area contributed by atoms with Gasteiger partial charge in [0.25, 0.3) is 11.1 Å². The van der Waals surface area contributed by atoms with Crippen LogP contribution in [0.2, 0.25) is 0 Å². The summed E-state index contributed by atoms with van der Waals surface area (Å²) in [5.74, 6) is -0.262. The minimum absolute atomic E-state index is 0.243. The highest BCUT2D eigenvalue weighted by molar-refractivity contribution is 8.18. The molecular formula is C17H14N2O2S. The molecule has 110 valence electrons. The number of carbonyl (C=O) groups is 2. The third-order valence-corrected chi connectivity index (χ3v) is 4.15. The minimum atomic E-state index is -0.262. The maximum absolute atomic E-state index is 12.4. The molecule has 0 spiro atoms. The molecule has 4 nitrogen and oxygen atoms in total. The predicted octanol–water partition coefficient (Wildman–Crippen LogP) is 3.63. The van der Waals surface area contributed by atoms with Gasteiger partial charge in [0.2, 0.25) is 0 Å². The second-order valence-electron chi connectivity index (χ2n) is 4.96. The van der Waals surface area contributed by atoms with Gasteiger partial charge in [0.1, 0.15) is 0 Å². The molecule has 2 amide bonds. The van der Waals surface area contributed by atoms with Crippen molar-refractivity contribution in [3.05, 3.63) is 70.4 Å². The molecule has 0 atom stereocenters. The van der Waals surface area contributed by atoms with Crippen LogP contribution >= 0.6 is 11.8 Å². The van der Waals surface area contributed by atoms with Gasteiger partial charge in [-0.3, -0.25) is 19.5 Å². The summed E-state index contributed by atoms with van der Waals surface area (Å²) in [6, 6.07) is 15.1. The van der Waals surface area contributed by atoms with E-state index in [9.17, 15) is 9.59 Å². The second kappa shape index (κ2) is 6.15. The summed E-state index contributed by atoms with van der Waals surface area (Å²) in [7, 11) is 0. The Hall–Kier alpha value is -2.40. The van der Waals surface area contributed by atoms with Crippen molar-refractivity contribution >= 4 is 29.0 Å². The number of aromatic nitrogens is 1. The molecular weight excluding hydrogens is 296 g/mol. The first-order valence-corrected chi connectivity index (χ1v) is 7.68. The largest absolute Gasteiger partial charge is 0.293 e. The van der Waals surface area contributed by atoms with Crippen LogP contribution in [0.15, 0.2) is 53.4 Å². The summed E-state index contributed by atoms with van der Waals surface area (Å²) in [5.41, 5.74) is 2.49. The van der Waals surface area contributed by atoms with E-state index >= 15 is 0 Å². The molecule has 1 fully saturated rings. The number of carbonyl (C=O) groups excluding carboxylic acids is 2. The van der Waals surface area contributed by atoms with Crippen molar-refractivity contribution in [2.24, 2.45) is 0 Å². The summed E-state index contributed by atoms with van der Waals surface area (Å²) in [4.78, 5) is 30.5. The Bertz CT molecular complexity index is 756. The number of imide groups is 1. The number of pyridine rings is 1. The van der Waals surface area contributed by atoms with E-state index < -0.39 is 0 Å². The van der Waals surface area contributed by atoms with Gasteiger partial charge in [0, 0.05) is 5.69 Å². The number of thioether (sulfide) groups is 1. The third kappa shape index (κ3) is 3.09. The summed E-state index contributed by atoms with van der Waals surface area (Å²) in [5, 5.41) is -0.243. The fourth-order valence-corrected chi connectivity index (χ4v) is 3.00. The van der Waals surface area contributed by atoms with Gasteiger partial charge in [-0.1, -0.05) is 36.4 Å². The number of amides is 2. The average Bonchev–Trinajstić information content (AvgIpc) is 2.76. The lowest BCUT2D eigenvalue weighted by atomic mass is 10.2. The zero-order valence-electron chi connectivity index (χ0n) is 12.0. The zero-order valence-corrected chi connectivity index (χ0v) is 12.8. The normalized spacial score (nSPS) is 16.6. The molecule has 1 aromatic heterocycles. The first-order chi connectivity index (χ1) is 10.6. The first-order valence-electron chi connectivity index (χ1n) is 6.86. The molecule has 1 aromatic carbocycles. The van der Waals surface area contributed by atoms with Crippen LogP contribution < -0.4 is 0 Å². The third-order valence-electron chi connectivity index (χ3n) is 3.25. The number of hydrogen-bond donors (Lipinski definition) is 0. The first kappa shape index (κ1) is 14.5. The number of hydrogen-bond acceptors (Lipinski definition) is 4. The standard InChI is InChI=1S/C17H14N2O2S/c1-12-6-5-9-14(18-12)10-15-16(20)19(17(21)22-15)11-13-7-3-2-4-8-13/h2-10H,11H2,1H3/b15-10-. The van der Waals surface area contributed by atoms with Crippen molar-refractivity contribution in [2.45, 2.75) is 13.5 Å². The number of rotatable bonds is 3. The van der Waals surface area contributed by atoms with E-state index in [1.54, 1.807) is 6.08 Å². The summed E-state index contributed by atoms with van der Waals surface area (Å²) in [6.45, 7) is 2.18. The maximum Gasteiger partial charge on any atom is 0.293 e. The van der Waals surface area contributed by atoms with Crippen LogP contribution in [0.3, 0.4) is 0 Å². The van der Waals surface area contributed by atoms with Crippen molar-refractivity contribution in [3.8, 4) is 0 Å². The SMILES string of the molecule is Cc1cccc(/C=C2\SC(=O)N(Cc3ccccc3)C2=O)n1. The van der Waals surface area contributed by atoms with E-state index in [0.29, 0.717) is 17.1 Å².